The molecule has 64 heavy (non-hydrogen) atoms. The lowest BCUT2D eigenvalue weighted by Crippen LogP contribution is -2.32. The van der Waals surface area contributed by atoms with Crippen molar-refractivity contribution < 1.29 is 0 Å². The highest BCUT2D eigenvalue weighted by atomic mass is 32.2. The van der Waals surface area contributed by atoms with Gasteiger partial charge < -0.3 is 0 Å². The van der Waals surface area contributed by atoms with Crippen LogP contribution in [0.15, 0.2) is 244 Å². The Kier molecular flexibility index (Phi) is 8.38. The van der Waals surface area contributed by atoms with E-state index in [1.54, 1.807) is 0 Å². The van der Waals surface area contributed by atoms with E-state index in [4.69, 9.17) is 16.6 Å². The number of hydrogen-bond acceptors (Lipinski definition) is 3. The van der Waals surface area contributed by atoms with Gasteiger partial charge >= 0.3 is 0 Å². The molecule has 13 rings (SSSR count). The van der Waals surface area contributed by atoms with E-state index in [1.807, 2.05) is 11.8 Å². The number of rotatable bonds is 4. The van der Waals surface area contributed by atoms with Gasteiger partial charge in [-0.3, -0.25) is 4.99 Å². The molecule has 0 amide bonds. The summed E-state index contributed by atoms with van der Waals surface area (Å²) in [4.78, 5) is 13.5. The molecular formula is C61H40N2S. The lowest BCUT2D eigenvalue weighted by Gasteiger charge is -2.40. The fourth-order valence-electron chi connectivity index (χ4n) is 11.0. The minimum absolute atomic E-state index is 0.309. The monoisotopic (exact) mass is 832 g/mol. The van der Waals surface area contributed by atoms with Gasteiger partial charge in [-0.15, -0.1) is 0 Å². The molecule has 10 aromatic carbocycles. The molecule has 1 atom stereocenters. The summed E-state index contributed by atoms with van der Waals surface area (Å²) in [5, 5.41) is 7.68. The van der Waals surface area contributed by atoms with Crippen LogP contribution in [0.2, 0.25) is 0 Å². The maximum atomic E-state index is 5.60. The predicted octanol–water partition coefficient (Wildman–Crippen LogP) is 15.6. The number of benzene rings is 10. The van der Waals surface area contributed by atoms with Gasteiger partial charge in [0.05, 0.1) is 17.2 Å². The van der Waals surface area contributed by atoms with Gasteiger partial charge in [-0.25, -0.2) is 4.99 Å². The fraction of sp³-hybridized carbons (Fsp3) is 0.0492. The minimum Gasteiger partial charge on any atom is -0.253 e. The first-order chi connectivity index (χ1) is 31.6. The van der Waals surface area contributed by atoms with Gasteiger partial charge in [0.25, 0.3) is 0 Å². The highest BCUT2D eigenvalue weighted by molar-refractivity contribution is 7.99. The molecule has 0 saturated carbocycles. The highest BCUT2D eigenvalue weighted by Crippen LogP contribution is 2.63. The molecule has 300 valence electrons. The summed E-state index contributed by atoms with van der Waals surface area (Å²) in [5.41, 5.74) is 15.0. The van der Waals surface area contributed by atoms with E-state index in [9.17, 15) is 0 Å². The maximum absolute atomic E-state index is 5.60. The largest absolute Gasteiger partial charge is 0.253 e. The lowest BCUT2D eigenvalue weighted by atomic mass is 9.67. The normalized spacial score (nSPS) is 15.9. The second kappa shape index (κ2) is 14.5. The topological polar surface area (TPSA) is 24.7 Å². The first-order valence-electron chi connectivity index (χ1n) is 22.1. The Balaban J connectivity index is 0.915. The van der Waals surface area contributed by atoms with Gasteiger partial charge in [-0.1, -0.05) is 219 Å². The summed E-state index contributed by atoms with van der Waals surface area (Å²) < 4.78 is 0. The molecule has 0 radical (unpaired) electrons. The Bertz CT molecular complexity index is 3550. The van der Waals surface area contributed by atoms with Crippen molar-refractivity contribution in [3.63, 3.8) is 0 Å². The zero-order valence-corrected chi connectivity index (χ0v) is 35.8. The van der Waals surface area contributed by atoms with E-state index in [-0.39, 0.29) is 6.04 Å². The van der Waals surface area contributed by atoms with Crippen LogP contribution in [0, 0.1) is 0 Å². The van der Waals surface area contributed by atoms with Gasteiger partial charge in [-0.05, 0) is 106 Å². The number of amidine groups is 1. The van der Waals surface area contributed by atoms with E-state index < -0.39 is 5.41 Å². The molecule has 0 saturated heterocycles. The Morgan fingerprint density at radius 3 is 1.66 bits per heavy atom. The number of aliphatic imine (C=N–C) groups is 2. The standard InChI is InChI=1S/C61H40N2S/c1-38-36-56(40-32-30-39(31-33-40)42-34-35-47-45-20-6-5-18-43(45)44-19-7-8-21-46(44)51(47)37-42)62-60(41-16-3-2-4-17-41)63-58(38)50-24-15-28-55-59(50)64-57-29-14-13-27-54(57)61(55)52-25-11-9-22-48(52)49-23-10-12-26-53(49)61/h2-35,37,58H,1,36H2. The molecular weight excluding hydrogens is 793 g/mol. The third-order valence-corrected chi connectivity index (χ3v) is 15.0. The Hall–Kier alpha value is -7.59. The van der Waals surface area contributed by atoms with Crippen LogP contribution in [0.1, 0.15) is 51.4 Å². The Labute approximate surface area is 377 Å². The fourth-order valence-corrected chi connectivity index (χ4v) is 12.3. The van der Waals surface area contributed by atoms with E-state index in [2.05, 4.69) is 212 Å². The van der Waals surface area contributed by atoms with Crippen molar-refractivity contribution in [3.8, 4) is 22.3 Å². The molecule has 0 bridgehead atoms. The van der Waals surface area contributed by atoms with Gasteiger partial charge in [0.15, 0.2) is 5.84 Å². The van der Waals surface area contributed by atoms with Crippen LogP contribution in [-0.2, 0) is 5.41 Å². The van der Waals surface area contributed by atoms with Crippen LogP contribution in [0.5, 0.6) is 0 Å². The van der Waals surface area contributed by atoms with Crippen molar-refractivity contribution >= 4 is 55.6 Å². The zero-order valence-electron chi connectivity index (χ0n) is 35.0. The predicted molar refractivity (Wildman–Crippen MR) is 268 cm³/mol. The van der Waals surface area contributed by atoms with Crippen molar-refractivity contribution in [2.24, 2.45) is 9.98 Å². The number of fused-ring (bicyclic) bond motifs is 15. The van der Waals surface area contributed by atoms with Crippen molar-refractivity contribution in [3.05, 3.63) is 263 Å². The molecule has 2 nitrogen and oxygen atoms in total. The molecule has 3 aliphatic rings. The Morgan fingerprint density at radius 2 is 0.969 bits per heavy atom. The van der Waals surface area contributed by atoms with Crippen molar-refractivity contribution in [2.75, 3.05) is 0 Å². The third kappa shape index (κ3) is 5.47. The third-order valence-electron chi connectivity index (χ3n) is 13.8. The summed E-state index contributed by atoms with van der Waals surface area (Å²) in [5.74, 6) is 0.724. The summed E-state index contributed by atoms with van der Waals surface area (Å²) in [7, 11) is 0. The molecule has 0 fully saturated rings. The van der Waals surface area contributed by atoms with Crippen molar-refractivity contribution in [2.45, 2.75) is 27.7 Å². The van der Waals surface area contributed by atoms with Crippen LogP contribution in [-0.4, -0.2) is 11.5 Å². The molecule has 10 aromatic rings. The summed E-state index contributed by atoms with van der Waals surface area (Å²) in [6.45, 7) is 4.83. The molecule has 2 aliphatic heterocycles. The highest BCUT2D eigenvalue weighted by Gasteiger charge is 2.50. The van der Waals surface area contributed by atoms with Crippen LogP contribution in [0.4, 0.5) is 0 Å². The first kappa shape index (κ1) is 37.0. The lowest BCUT2D eigenvalue weighted by molar-refractivity contribution is 0.706. The van der Waals surface area contributed by atoms with Gasteiger partial charge in [-0.2, -0.15) is 0 Å². The second-order valence-corrected chi connectivity index (χ2v) is 18.3. The quantitative estimate of drug-likeness (QED) is 0.128. The Morgan fingerprint density at radius 1 is 0.438 bits per heavy atom. The van der Waals surface area contributed by atoms with Gasteiger partial charge in [0.1, 0.15) is 0 Å². The van der Waals surface area contributed by atoms with Crippen LogP contribution >= 0.6 is 11.8 Å². The number of nitrogens with zero attached hydrogens (tertiary/aromatic N) is 2. The molecule has 1 aliphatic carbocycles. The SMILES string of the molecule is C=C1CC(c2ccc(-c3ccc4c5ccccc5c5ccccc5c4c3)cc2)=NC(c2ccccc2)=NC1c1cccc2c1Sc1ccccc1C21c2ccccc2-c2ccccc21. The first-order valence-corrected chi connectivity index (χ1v) is 22.9. The van der Waals surface area contributed by atoms with E-state index in [1.165, 1.54) is 92.2 Å². The van der Waals surface area contributed by atoms with E-state index in [0.717, 1.165) is 28.2 Å². The average Bonchev–Trinajstić information content (AvgIpc) is 3.53. The summed E-state index contributed by atoms with van der Waals surface area (Å²) in [6.07, 6.45) is 0.598. The van der Waals surface area contributed by atoms with Crippen LogP contribution in [0.25, 0.3) is 54.6 Å². The van der Waals surface area contributed by atoms with Crippen molar-refractivity contribution in [1.82, 2.24) is 0 Å². The van der Waals surface area contributed by atoms with Crippen LogP contribution < -0.4 is 0 Å². The van der Waals surface area contributed by atoms with Crippen LogP contribution in [0.3, 0.4) is 0 Å². The maximum Gasteiger partial charge on any atom is 0.155 e. The summed E-state index contributed by atoms with van der Waals surface area (Å²) >= 11 is 1.87. The van der Waals surface area contributed by atoms with Crippen molar-refractivity contribution in [1.29, 1.82) is 0 Å². The zero-order chi connectivity index (χ0) is 42.4. The smallest absolute Gasteiger partial charge is 0.155 e. The molecule has 1 unspecified atom stereocenters. The van der Waals surface area contributed by atoms with E-state index >= 15 is 0 Å². The second-order valence-electron chi connectivity index (χ2n) is 17.2. The number of hydrogen-bond donors (Lipinski definition) is 0. The minimum atomic E-state index is -0.465. The average molecular weight is 833 g/mol. The molecule has 3 heteroatoms. The summed E-state index contributed by atoms with van der Waals surface area (Å²) in [6, 6.07) is 77.3. The molecule has 0 N–H and O–H groups in total. The van der Waals surface area contributed by atoms with Gasteiger partial charge in [0, 0.05) is 21.8 Å². The van der Waals surface area contributed by atoms with E-state index in [0.29, 0.717) is 6.42 Å². The van der Waals surface area contributed by atoms with Gasteiger partial charge in [0.2, 0.25) is 0 Å². The molecule has 1 spiro atoms. The molecule has 0 aromatic heterocycles. The molecule has 2 heterocycles.